The zero-order valence-corrected chi connectivity index (χ0v) is 12.4. The van der Waals surface area contributed by atoms with E-state index in [2.05, 4.69) is 4.98 Å². The first-order valence-corrected chi connectivity index (χ1v) is 7.12. The lowest BCUT2D eigenvalue weighted by atomic mass is 10.1. The first kappa shape index (κ1) is 14.2. The molecule has 2 aromatic carbocycles. The largest absolute Gasteiger partial charge is 0.361 e. The summed E-state index contributed by atoms with van der Waals surface area (Å²) in [7, 11) is 0. The fourth-order valence-corrected chi connectivity index (χ4v) is 2.56. The highest BCUT2D eigenvalue weighted by molar-refractivity contribution is 6.33. The third-order valence-electron chi connectivity index (χ3n) is 3.33. The Labute approximate surface area is 133 Å². The number of H-pyrrole nitrogens is 1. The van der Waals surface area contributed by atoms with Crippen LogP contribution in [0.2, 0.25) is 5.02 Å². The van der Waals surface area contributed by atoms with Crippen molar-refractivity contribution >= 4 is 29.0 Å². The van der Waals surface area contributed by atoms with Crippen LogP contribution in [-0.2, 0) is 0 Å². The fourth-order valence-electron chi connectivity index (χ4n) is 2.34. The number of carbonyl (C=O) groups is 1. The number of benzene rings is 2. The van der Waals surface area contributed by atoms with Gasteiger partial charge in [0.05, 0.1) is 16.4 Å². The number of nitrogens with zero attached hydrogens (tertiary/aromatic N) is 1. The normalized spacial score (nSPS) is 10.4. The Kier molecular flexibility index (Phi) is 3.85. The van der Waals surface area contributed by atoms with Crippen LogP contribution in [0.5, 0.6) is 0 Å². The van der Waals surface area contributed by atoms with Gasteiger partial charge in [0.25, 0.3) is 0 Å². The number of para-hydroxylation sites is 1. The number of anilines is 2. The van der Waals surface area contributed by atoms with Crippen molar-refractivity contribution in [2.45, 2.75) is 0 Å². The fraction of sp³-hybridized carbons (Fsp3) is 0. The number of nitrogens with one attached hydrogen (secondary N) is 1. The van der Waals surface area contributed by atoms with E-state index >= 15 is 0 Å². The second-order valence-electron chi connectivity index (χ2n) is 4.76. The quantitative estimate of drug-likeness (QED) is 0.732. The van der Waals surface area contributed by atoms with Gasteiger partial charge in [-0.25, -0.2) is 4.79 Å². The van der Waals surface area contributed by atoms with Crippen molar-refractivity contribution in [3.63, 3.8) is 0 Å². The Balaban J connectivity index is 2.10. The van der Waals surface area contributed by atoms with Crippen molar-refractivity contribution in [1.82, 2.24) is 4.98 Å². The van der Waals surface area contributed by atoms with Crippen LogP contribution in [-0.4, -0.2) is 11.0 Å². The van der Waals surface area contributed by atoms with Crippen LogP contribution in [0.3, 0.4) is 0 Å². The number of urea groups is 1. The third-order valence-corrected chi connectivity index (χ3v) is 3.66. The lowest BCUT2D eigenvalue weighted by Gasteiger charge is -2.21. The second kappa shape index (κ2) is 5.95. The summed E-state index contributed by atoms with van der Waals surface area (Å²) in [6.07, 6.45) is 1.82. The molecular formula is C17H14ClN3O. The number of aromatic nitrogens is 1. The van der Waals surface area contributed by atoms with Crippen LogP contribution >= 0.6 is 11.6 Å². The molecule has 4 nitrogen and oxygen atoms in total. The molecule has 0 fully saturated rings. The maximum absolute atomic E-state index is 11.9. The van der Waals surface area contributed by atoms with Gasteiger partial charge in [-0.1, -0.05) is 29.8 Å². The molecule has 5 heteroatoms. The smallest absolute Gasteiger partial charge is 0.323 e. The monoisotopic (exact) mass is 311 g/mol. The standard InChI is InChI=1S/C17H14ClN3O/c18-15-9-8-13(11-14(15)16-7-4-10-20-16)21(17(19)22)12-5-2-1-3-6-12/h1-11,20H,(H2,19,22). The predicted octanol–water partition coefficient (Wildman–Crippen LogP) is 4.55. The van der Waals surface area contributed by atoms with E-state index < -0.39 is 6.03 Å². The van der Waals surface area contributed by atoms with Gasteiger partial charge in [0.1, 0.15) is 0 Å². The average molecular weight is 312 g/mol. The molecule has 0 aliphatic rings. The number of rotatable bonds is 3. The summed E-state index contributed by atoms with van der Waals surface area (Å²) in [5.41, 5.74) is 8.61. The number of hydrogen-bond donors (Lipinski definition) is 2. The molecule has 1 heterocycles. The number of amides is 2. The number of carbonyl (C=O) groups excluding carboxylic acids is 1. The Morgan fingerprint density at radius 1 is 1.00 bits per heavy atom. The van der Waals surface area contributed by atoms with Gasteiger partial charge < -0.3 is 10.7 Å². The number of nitrogens with two attached hydrogens (primary N) is 1. The number of halogens is 1. The first-order valence-electron chi connectivity index (χ1n) is 6.75. The van der Waals surface area contributed by atoms with Gasteiger partial charge in [-0.05, 0) is 42.5 Å². The van der Waals surface area contributed by atoms with Crippen molar-refractivity contribution in [1.29, 1.82) is 0 Å². The van der Waals surface area contributed by atoms with Crippen LogP contribution in [0, 0.1) is 0 Å². The van der Waals surface area contributed by atoms with E-state index in [1.54, 1.807) is 12.1 Å². The number of primary amides is 1. The highest BCUT2D eigenvalue weighted by Gasteiger charge is 2.16. The molecule has 0 saturated carbocycles. The molecule has 0 aliphatic heterocycles. The van der Waals surface area contributed by atoms with Gasteiger partial charge in [-0.2, -0.15) is 0 Å². The lowest BCUT2D eigenvalue weighted by molar-refractivity contribution is 0.256. The summed E-state index contributed by atoms with van der Waals surface area (Å²) in [6, 6.07) is 17.9. The van der Waals surface area contributed by atoms with Crippen LogP contribution in [0.15, 0.2) is 66.9 Å². The topological polar surface area (TPSA) is 62.1 Å². The van der Waals surface area contributed by atoms with E-state index in [-0.39, 0.29) is 0 Å². The molecule has 22 heavy (non-hydrogen) atoms. The molecule has 0 aliphatic carbocycles. The number of hydrogen-bond acceptors (Lipinski definition) is 1. The molecule has 3 rings (SSSR count). The molecule has 3 aromatic rings. The van der Waals surface area contributed by atoms with E-state index in [1.165, 1.54) is 4.90 Å². The molecule has 2 amide bonds. The zero-order chi connectivity index (χ0) is 15.5. The van der Waals surface area contributed by atoms with E-state index in [4.69, 9.17) is 17.3 Å². The lowest BCUT2D eigenvalue weighted by Crippen LogP contribution is -2.31. The maximum atomic E-state index is 11.9. The van der Waals surface area contributed by atoms with Gasteiger partial charge in [0.15, 0.2) is 0 Å². The molecule has 110 valence electrons. The summed E-state index contributed by atoms with van der Waals surface area (Å²) in [4.78, 5) is 16.4. The Hall–Kier alpha value is -2.72. The van der Waals surface area contributed by atoms with E-state index in [0.717, 1.165) is 11.3 Å². The Bertz CT molecular complexity index is 785. The van der Waals surface area contributed by atoms with Crippen molar-refractivity contribution < 1.29 is 4.79 Å². The highest BCUT2D eigenvalue weighted by atomic mass is 35.5. The minimum atomic E-state index is -0.550. The summed E-state index contributed by atoms with van der Waals surface area (Å²) < 4.78 is 0. The minimum absolute atomic E-state index is 0.550. The molecule has 0 bridgehead atoms. The van der Waals surface area contributed by atoms with Gasteiger partial charge in [0, 0.05) is 17.5 Å². The number of aromatic amines is 1. The van der Waals surface area contributed by atoms with E-state index in [1.807, 2.05) is 54.7 Å². The first-order chi connectivity index (χ1) is 10.7. The molecule has 0 unspecified atom stereocenters. The maximum Gasteiger partial charge on any atom is 0.323 e. The molecular weight excluding hydrogens is 298 g/mol. The average Bonchev–Trinajstić information content (AvgIpc) is 3.04. The summed E-state index contributed by atoms with van der Waals surface area (Å²) >= 11 is 6.26. The molecule has 0 spiro atoms. The molecule has 0 saturated heterocycles. The van der Waals surface area contributed by atoms with Gasteiger partial charge in [-0.15, -0.1) is 0 Å². The van der Waals surface area contributed by atoms with Crippen LogP contribution < -0.4 is 10.6 Å². The molecule has 0 atom stereocenters. The summed E-state index contributed by atoms with van der Waals surface area (Å²) in [5.74, 6) is 0. The summed E-state index contributed by atoms with van der Waals surface area (Å²) in [5, 5.41) is 0.601. The Morgan fingerprint density at radius 3 is 2.41 bits per heavy atom. The van der Waals surface area contributed by atoms with Crippen molar-refractivity contribution in [2.24, 2.45) is 5.73 Å². The molecule has 3 N–H and O–H groups in total. The van der Waals surface area contributed by atoms with Gasteiger partial charge >= 0.3 is 6.03 Å². The van der Waals surface area contributed by atoms with Crippen LogP contribution in [0.4, 0.5) is 16.2 Å². The van der Waals surface area contributed by atoms with Gasteiger partial charge in [0.2, 0.25) is 0 Å². The van der Waals surface area contributed by atoms with Crippen LogP contribution in [0.1, 0.15) is 0 Å². The highest BCUT2D eigenvalue weighted by Crippen LogP contribution is 2.33. The second-order valence-corrected chi connectivity index (χ2v) is 5.16. The predicted molar refractivity (Wildman–Crippen MR) is 89.4 cm³/mol. The molecule has 0 radical (unpaired) electrons. The zero-order valence-electron chi connectivity index (χ0n) is 11.7. The SMILES string of the molecule is NC(=O)N(c1ccccc1)c1ccc(Cl)c(-c2ccc[nH]2)c1. The van der Waals surface area contributed by atoms with Crippen LogP contribution in [0.25, 0.3) is 11.3 Å². The van der Waals surface area contributed by atoms with Crippen molar-refractivity contribution in [3.05, 3.63) is 71.9 Å². The third kappa shape index (κ3) is 2.69. The Morgan fingerprint density at radius 2 is 1.77 bits per heavy atom. The minimum Gasteiger partial charge on any atom is -0.361 e. The van der Waals surface area contributed by atoms with E-state index in [9.17, 15) is 4.79 Å². The van der Waals surface area contributed by atoms with Crippen molar-refractivity contribution in [3.8, 4) is 11.3 Å². The van der Waals surface area contributed by atoms with Gasteiger partial charge in [-0.3, -0.25) is 4.90 Å². The summed E-state index contributed by atoms with van der Waals surface area (Å²) in [6.45, 7) is 0. The van der Waals surface area contributed by atoms with E-state index in [0.29, 0.717) is 16.4 Å². The van der Waals surface area contributed by atoms with Crippen molar-refractivity contribution in [2.75, 3.05) is 4.90 Å². The molecule has 1 aromatic heterocycles.